The number of ether oxygens (including phenoxy) is 3. The summed E-state index contributed by atoms with van der Waals surface area (Å²) in [4.78, 5) is 11.2. The molecule has 24 heavy (non-hydrogen) atoms. The third-order valence-electron chi connectivity index (χ3n) is 3.00. The number of alkyl carbamates (subject to hydrolysis) is 1. The molecule has 0 aliphatic rings. The van der Waals surface area contributed by atoms with Gasteiger partial charge in [0.05, 0.1) is 13.2 Å². The van der Waals surface area contributed by atoms with Crippen molar-refractivity contribution >= 4 is 22.0 Å². The molecule has 1 unspecified atom stereocenters. The van der Waals surface area contributed by atoms with Crippen LogP contribution in [0.3, 0.4) is 0 Å². The Kier molecular flexibility index (Phi) is 6.93. The van der Waals surface area contributed by atoms with E-state index in [1.54, 1.807) is 6.92 Å². The van der Waals surface area contributed by atoms with Gasteiger partial charge in [0.25, 0.3) is 0 Å². The lowest BCUT2D eigenvalue weighted by Gasteiger charge is -2.15. The summed E-state index contributed by atoms with van der Waals surface area (Å²) in [5.74, 6) is 2.18. The van der Waals surface area contributed by atoms with Crippen molar-refractivity contribution in [2.45, 2.75) is 20.0 Å². The van der Waals surface area contributed by atoms with Gasteiger partial charge in [-0.1, -0.05) is 22.0 Å². The third-order valence-corrected chi connectivity index (χ3v) is 3.50. The number of rotatable bonds is 7. The number of nitrogens with one attached hydrogen (secondary N) is 1. The van der Waals surface area contributed by atoms with Crippen LogP contribution < -0.4 is 14.8 Å². The van der Waals surface area contributed by atoms with Crippen molar-refractivity contribution in [3.05, 3.63) is 53.0 Å². The molecule has 0 aliphatic heterocycles. The summed E-state index contributed by atoms with van der Waals surface area (Å²) in [7, 11) is 0. The van der Waals surface area contributed by atoms with E-state index in [9.17, 15) is 4.79 Å². The summed E-state index contributed by atoms with van der Waals surface area (Å²) >= 11 is 3.41. The minimum atomic E-state index is -0.439. The van der Waals surface area contributed by atoms with Gasteiger partial charge in [-0.25, -0.2) is 4.79 Å². The molecule has 2 aromatic carbocycles. The molecular formula is C18H20BrNO4. The number of halogens is 1. The molecule has 0 spiro atoms. The second-order valence-electron chi connectivity index (χ2n) is 5.06. The van der Waals surface area contributed by atoms with Gasteiger partial charge < -0.3 is 19.5 Å². The Hall–Kier alpha value is -2.21. The van der Waals surface area contributed by atoms with Crippen LogP contribution in [0.4, 0.5) is 4.79 Å². The maximum Gasteiger partial charge on any atom is 0.407 e. The summed E-state index contributed by atoms with van der Waals surface area (Å²) in [5.41, 5.74) is 0. The predicted molar refractivity (Wildman–Crippen MR) is 95.8 cm³/mol. The molecule has 1 amide bonds. The predicted octanol–water partition coefficient (Wildman–Crippen LogP) is 4.75. The van der Waals surface area contributed by atoms with Crippen molar-refractivity contribution in [1.82, 2.24) is 5.32 Å². The van der Waals surface area contributed by atoms with Crippen molar-refractivity contribution in [3.63, 3.8) is 0 Å². The molecule has 0 fully saturated rings. The molecule has 0 aromatic heterocycles. The highest BCUT2D eigenvalue weighted by Crippen LogP contribution is 2.26. The summed E-state index contributed by atoms with van der Waals surface area (Å²) in [6.07, 6.45) is -0.614. The van der Waals surface area contributed by atoms with E-state index >= 15 is 0 Å². The highest BCUT2D eigenvalue weighted by Gasteiger charge is 2.07. The molecule has 0 radical (unpaired) electrons. The average Bonchev–Trinajstić information content (AvgIpc) is 2.55. The minimum absolute atomic E-state index is 0.175. The highest BCUT2D eigenvalue weighted by molar-refractivity contribution is 9.10. The zero-order valence-electron chi connectivity index (χ0n) is 13.6. The van der Waals surface area contributed by atoms with Gasteiger partial charge in [-0.2, -0.15) is 0 Å². The summed E-state index contributed by atoms with van der Waals surface area (Å²) < 4.78 is 17.3. The topological polar surface area (TPSA) is 56.8 Å². The quantitative estimate of drug-likeness (QED) is 0.736. The first kappa shape index (κ1) is 18.1. The lowest BCUT2D eigenvalue weighted by atomic mass is 10.3. The SMILES string of the molecule is CCOC(=O)NCC(C)Oc1ccc(Oc2cccc(Br)c2)cc1. The number of hydrogen-bond donors (Lipinski definition) is 1. The van der Waals surface area contributed by atoms with Crippen LogP contribution in [0.5, 0.6) is 17.2 Å². The molecule has 0 aliphatic carbocycles. The molecule has 2 aromatic rings. The fraction of sp³-hybridized carbons (Fsp3) is 0.278. The van der Waals surface area contributed by atoms with E-state index in [-0.39, 0.29) is 6.10 Å². The van der Waals surface area contributed by atoms with Crippen LogP contribution in [-0.2, 0) is 4.74 Å². The van der Waals surface area contributed by atoms with Gasteiger partial charge in [0, 0.05) is 4.47 Å². The zero-order chi connectivity index (χ0) is 17.4. The van der Waals surface area contributed by atoms with Gasteiger partial charge in [0.2, 0.25) is 0 Å². The number of amides is 1. The van der Waals surface area contributed by atoms with Gasteiger partial charge in [0.1, 0.15) is 23.4 Å². The smallest absolute Gasteiger partial charge is 0.407 e. The van der Waals surface area contributed by atoms with E-state index in [2.05, 4.69) is 21.2 Å². The Labute approximate surface area is 150 Å². The summed E-state index contributed by atoms with van der Waals surface area (Å²) in [6.45, 7) is 4.35. The van der Waals surface area contributed by atoms with Crippen molar-refractivity contribution in [1.29, 1.82) is 0 Å². The number of carbonyl (C=O) groups excluding carboxylic acids is 1. The second kappa shape index (κ2) is 9.17. The van der Waals surface area contributed by atoms with Gasteiger partial charge in [-0.05, 0) is 56.3 Å². The van der Waals surface area contributed by atoms with Crippen molar-refractivity contribution in [3.8, 4) is 17.2 Å². The fourth-order valence-electron chi connectivity index (χ4n) is 1.94. The fourth-order valence-corrected chi connectivity index (χ4v) is 2.31. The molecule has 2 rings (SSSR count). The normalized spacial score (nSPS) is 11.5. The first-order valence-corrected chi connectivity index (χ1v) is 8.47. The van der Waals surface area contributed by atoms with E-state index in [0.717, 1.165) is 16.0 Å². The third kappa shape index (κ3) is 6.12. The van der Waals surface area contributed by atoms with Crippen LogP contribution in [-0.4, -0.2) is 25.3 Å². The maximum absolute atomic E-state index is 11.2. The minimum Gasteiger partial charge on any atom is -0.489 e. The van der Waals surface area contributed by atoms with Crippen LogP contribution in [0.2, 0.25) is 0 Å². The molecule has 0 bridgehead atoms. The van der Waals surface area contributed by atoms with Crippen LogP contribution in [0, 0.1) is 0 Å². The Morgan fingerprint density at radius 2 is 1.83 bits per heavy atom. The zero-order valence-corrected chi connectivity index (χ0v) is 15.2. The summed E-state index contributed by atoms with van der Waals surface area (Å²) in [5, 5.41) is 2.64. The van der Waals surface area contributed by atoms with Crippen LogP contribution in [0.25, 0.3) is 0 Å². The Bertz CT molecular complexity index is 660. The van der Waals surface area contributed by atoms with Crippen molar-refractivity contribution < 1.29 is 19.0 Å². The van der Waals surface area contributed by atoms with Gasteiger partial charge in [0.15, 0.2) is 0 Å². The molecule has 0 heterocycles. The van der Waals surface area contributed by atoms with Crippen molar-refractivity contribution in [2.24, 2.45) is 0 Å². The monoisotopic (exact) mass is 393 g/mol. The Morgan fingerprint density at radius 1 is 1.12 bits per heavy atom. The molecule has 6 heteroatoms. The molecule has 1 atom stereocenters. The Morgan fingerprint density at radius 3 is 2.50 bits per heavy atom. The molecule has 0 saturated heterocycles. The first-order chi connectivity index (χ1) is 11.6. The van der Waals surface area contributed by atoms with Crippen LogP contribution >= 0.6 is 15.9 Å². The molecule has 5 nitrogen and oxygen atoms in total. The van der Waals surface area contributed by atoms with E-state index in [1.165, 1.54) is 0 Å². The van der Waals surface area contributed by atoms with Gasteiger partial charge >= 0.3 is 6.09 Å². The van der Waals surface area contributed by atoms with E-state index in [0.29, 0.717) is 18.9 Å². The van der Waals surface area contributed by atoms with E-state index in [1.807, 2.05) is 55.5 Å². The summed E-state index contributed by atoms with van der Waals surface area (Å²) in [6, 6.07) is 15.0. The largest absolute Gasteiger partial charge is 0.489 e. The van der Waals surface area contributed by atoms with E-state index in [4.69, 9.17) is 14.2 Å². The lowest BCUT2D eigenvalue weighted by Crippen LogP contribution is -2.33. The van der Waals surface area contributed by atoms with E-state index < -0.39 is 6.09 Å². The second-order valence-corrected chi connectivity index (χ2v) is 5.98. The van der Waals surface area contributed by atoms with Crippen LogP contribution in [0.1, 0.15) is 13.8 Å². The maximum atomic E-state index is 11.2. The molecule has 128 valence electrons. The number of carbonyl (C=O) groups is 1. The number of benzene rings is 2. The molecule has 0 saturated carbocycles. The average molecular weight is 394 g/mol. The Balaban J connectivity index is 1.84. The van der Waals surface area contributed by atoms with Crippen molar-refractivity contribution in [2.75, 3.05) is 13.2 Å². The highest BCUT2D eigenvalue weighted by atomic mass is 79.9. The number of hydrogen-bond acceptors (Lipinski definition) is 4. The van der Waals surface area contributed by atoms with Gasteiger partial charge in [-0.15, -0.1) is 0 Å². The standard InChI is InChI=1S/C18H20BrNO4/c1-3-22-18(21)20-12-13(2)23-15-7-9-16(10-8-15)24-17-6-4-5-14(19)11-17/h4-11,13H,3,12H2,1-2H3,(H,20,21). The molecule has 1 N–H and O–H groups in total. The lowest BCUT2D eigenvalue weighted by molar-refractivity contribution is 0.143. The molecular weight excluding hydrogens is 374 g/mol. The van der Waals surface area contributed by atoms with Crippen LogP contribution in [0.15, 0.2) is 53.0 Å². The first-order valence-electron chi connectivity index (χ1n) is 7.67. The van der Waals surface area contributed by atoms with Gasteiger partial charge in [-0.3, -0.25) is 0 Å².